The number of rotatable bonds is 5. The number of likely N-dealkylation sites (N-methyl/N-ethyl adjacent to an activating group) is 1. The normalized spacial score (nSPS) is 21.3. The molecule has 1 saturated heterocycles. The third-order valence-corrected chi connectivity index (χ3v) is 4.51. The number of hydrogen-bond acceptors (Lipinski definition) is 5. The van der Waals surface area contributed by atoms with Crippen molar-refractivity contribution in [3.05, 3.63) is 0 Å². The fraction of sp³-hybridized carbons (Fsp3) is 0.889. The molecule has 0 radical (unpaired) electrons. The fourth-order valence-electron chi connectivity index (χ4n) is 1.86. The molecule has 7 heteroatoms. The van der Waals surface area contributed by atoms with Crippen LogP contribution in [0, 0.1) is 0 Å². The van der Waals surface area contributed by atoms with Gasteiger partial charge in [0.1, 0.15) is 0 Å². The Balaban J connectivity index is 2.73. The zero-order chi connectivity index (χ0) is 12.2. The van der Waals surface area contributed by atoms with E-state index in [-0.39, 0.29) is 6.04 Å². The molecule has 1 N–H and O–H groups in total. The van der Waals surface area contributed by atoms with Crippen molar-refractivity contribution in [3.63, 3.8) is 0 Å². The van der Waals surface area contributed by atoms with E-state index >= 15 is 0 Å². The fourth-order valence-corrected chi connectivity index (χ4v) is 3.47. The highest BCUT2D eigenvalue weighted by Crippen LogP contribution is 2.13. The lowest BCUT2D eigenvalue weighted by molar-refractivity contribution is -0.137. The van der Waals surface area contributed by atoms with Crippen molar-refractivity contribution in [1.82, 2.24) is 9.62 Å². The highest BCUT2D eigenvalue weighted by atomic mass is 32.2. The number of ether oxygens (including phenoxy) is 1. The van der Waals surface area contributed by atoms with E-state index < -0.39 is 21.7 Å². The Morgan fingerprint density at radius 2 is 2.25 bits per heavy atom. The number of sulfonamides is 1. The minimum atomic E-state index is -3.55. The van der Waals surface area contributed by atoms with E-state index in [4.69, 9.17) is 0 Å². The molecule has 6 nitrogen and oxygen atoms in total. The molecule has 1 fully saturated rings. The van der Waals surface area contributed by atoms with Gasteiger partial charge in [0.2, 0.25) is 10.0 Å². The average Bonchev–Trinajstić information content (AvgIpc) is 2.70. The largest absolute Gasteiger partial charge is 0.468 e. The summed E-state index contributed by atoms with van der Waals surface area (Å²) in [6.45, 7) is 3.61. The van der Waals surface area contributed by atoms with E-state index in [0.717, 1.165) is 13.0 Å². The molecule has 1 atom stereocenters. The second-order valence-corrected chi connectivity index (χ2v) is 5.60. The summed E-state index contributed by atoms with van der Waals surface area (Å²) in [6.07, 6.45) is 0.786. The zero-order valence-corrected chi connectivity index (χ0v) is 10.4. The van der Waals surface area contributed by atoms with Gasteiger partial charge in [0.05, 0.1) is 7.11 Å². The molecule has 0 aromatic rings. The number of methoxy groups -OCH3 is 1. The maximum atomic E-state index is 11.9. The smallest absolute Gasteiger partial charge is 0.322 e. The molecule has 94 valence electrons. The molecule has 1 aliphatic heterocycles. The summed E-state index contributed by atoms with van der Waals surface area (Å²) in [5.41, 5.74) is 0. The topological polar surface area (TPSA) is 75.7 Å². The molecule has 0 bridgehead atoms. The van der Waals surface area contributed by atoms with Crippen molar-refractivity contribution in [1.29, 1.82) is 0 Å². The summed E-state index contributed by atoms with van der Waals surface area (Å²) in [6, 6.07) is -0.0420. The van der Waals surface area contributed by atoms with Gasteiger partial charge in [0, 0.05) is 19.1 Å². The van der Waals surface area contributed by atoms with Gasteiger partial charge in [-0.3, -0.25) is 4.79 Å². The standard InChI is InChI=1S/C9H18N2O4S/c1-3-11(8-4-5-10-6-8)16(13,14)7-9(12)15-2/h8,10H,3-7H2,1-2H3. The van der Waals surface area contributed by atoms with Crippen LogP contribution in [0.5, 0.6) is 0 Å². The Morgan fingerprint density at radius 1 is 1.56 bits per heavy atom. The molecule has 1 rings (SSSR count). The van der Waals surface area contributed by atoms with Gasteiger partial charge in [0.15, 0.2) is 5.75 Å². The molecule has 1 aliphatic rings. The first kappa shape index (κ1) is 13.4. The van der Waals surface area contributed by atoms with Crippen LogP contribution in [-0.2, 0) is 19.6 Å². The Labute approximate surface area is 96.0 Å². The van der Waals surface area contributed by atoms with E-state index in [2.05, 4.69) is 10.1 Å². The predicted molar refractivity (Wildman–Crippen MR) is 59.5 cm³/mol. The molecule has 0 amide bonds. The lowest BCUT2D eigenvalue weighted by atomic mass is 10.3. The highest BCUT2D eigenvalue weighted by Gasteiger charge is 2.32. The molecule has 1 heterocycles. The third-order valence-electron chi connectivity index (χ3n) is 2.64. The Morgan fingerprint density at radius 3 is 2.69 bits per heavy atom. The van der Waals surface area contributed by atoms with E-state index in [1.807, 2.05) is 0 Å². The summed E-state index contributed by atoms with van der Waals surface area (Å²) in [5, 5.41) is 3.10. The van der Waals surface area contributed by atoms with Crippen LogP contribution in [0.15, 0.2) is 0 Å². The number of carbonyl (C=O) groups is 1. The molecular weight excluding hydrogens is 232 g/mol. The molecule has 0 aliphatic carbocycles. The van der Waals surface area contributed by atoms with E-state index in [1.54, 1.807) is 6.92 Å². The van der Waals surface area contributed by atoms with Crippen molar-refractivity contribution < 1.29 is 17.9 Å². The first-order chi connectivity index (χ1) is 7.51. The van der Waals surface area contributed by atoms with Crippen LogP contribution in [0.1, 0.15) is 13.3 Å². The molecule has 0 aromatic heterocycles. The first-order valence-electron chi connectivity index (χ1n) is 5.28. The molecule has 0 aromatic carbocycles. The van der Waals surface area contributed by atoms with Crippen LogP contribution in [0.25, 0.3) is 0 Å². The van der Waals surface area contributed by atoms with Crippen LogP contribution in [-0.4, -0.2) is 57.2 Å². The number of nitrogens with zero attached hydrogens (tertiary/aromatic N) is 1. The summed E-state index contributed by atoms with van der Waals surface area (Å²) < 4.78 is 29.6. The molecule has 1 unspecified atom stereocenters. The van der Waals surface area contributed by atoms with Crippen molar-refractivity contribution in [2.24, 2.45) is 0 Å². The Hall–Kier alpha value is -0.660. The Kier molecular flexibility index (Phi) is 4.69. The minimum Gasteiger partial charge on any atom is -0.468 e. The average molecular weight is 250 g/mol. The molecule has 0 spiro atoms. The van der Waals surface area contributed by atoms with Crippen LogP contribution in [0.4, 0.5) is 0 Å². The van der Waals surface area contributed by atoms with Crippen molar-refractivity contribution >= 4 is 16.0 Å². The van der Waals surface area contributed by atoms with E-state index in [9.17, 15) is 13.2 Å². The van der Waals surface area contributed by atoms with Crippen LogP contribution >= 0.6 is 0 Å². The monoisotopic (exact) mass is 250 g/mol. The zero-order valence-electron chi connectivity index (χ0n) is 9.60. The molecule has 0 saturated carbocycles. The number of esters is 1. The maximum absolute atomic E-state index is 11.9. The quantitative estimate of drug-likeness (QED) is 0.645. The van der Waals surface area contributed by atoms with Gasteiger partial charge < -0.3 is 10.1 Å². The summed E-state index contributed by atoms with van der Waals surface area (Å²) >= 11 is 0. The molecular formula is C9H18N2O4S. The van der Waals surface area contributed by atoms with Gasteiger partial charge in [-0.2, -0.15) is 4.31 Å². The maximum Gasteiger partial charge on any atom is 0.322 e. The van der Waals surface area contributed by atoms with E-state index in [1.165, 1.54) is 11.4 Å². The minimum absolute atomic E-state index is 0.0420. The second kappa shape index (κ2) is 5.60. The summed E-state index contributed by atoms with van der Waals surface area (Å²) in [7, 11) is -2.36. The van der Waals surface area contributed by atoms with Crippen molar-refractivity contribution in [2.45, 2.75) is 19.4 Å². The second-order valence-electron chi connectivity index (χ2n) is 3.68. The molecule has 16 heavy (non-hydrogen) atoms. The number of hydrogen-bond donors (Lipinski definition) is 1. The van der Waals surface area contributed by atoms with Gasteiger partial charge in [-0.25, -0.2) is 8.42 Å². The van der Waals surface area contributed by atoms with E-state index in [0.29, 0.717) is 13.1 Å². The Bertz CT molecular complexity index is 335. The van der Waals surface area contributed by atoms with Gasteiger partial charge in [-0.05, 0) is 13.0 Å². The summed E-state index contributed by atoms with van der Waals surface area (Å²) in [5.74, 6) is -1.29. The van der Waals surface area contributed by atoms with Gasteiger partial charge >= 0.3 is 5.97 Å². The highest BCUT2D eigenvalue weighted by molar-refractivity contribution is 7.89. The van der Waals surface area contributed by atoms with Crippen LogP contribution < -0.4 is 5.32 Å². The van der Waals surface area contributed by atoms with Crippen LogP contribution in [0.3, 0.4) is 0 Å². The number of carbonyl (C=O) groups excluding carboxylic acids is 1. The van der Waals surface area contributed by atoms with Gasteiger partial charge in [-0.1, -0.05) is 6.92 Å². The SMILES string of the molecule is CCN(C1CCNC1)S(=O)(=O)CC(=O)OC. The lowest BCUT2D eigenvalue weighted by Gasteiger charge is -2.25. The summed E-state index contributed by atoms with van der Waals surface area (Å²) in [4.78, 5) is 11.0. The first-order valence-corrected chi connectivity index (χ1v) is 6.89. The third kappa shape index (κ3) is 3.16. The predicted octanol–water partition coefficient (Wildman–Crippen LogP) is -0.827. The van der Waals surface area contributed by atoms with Crippen LogP contribution in [0.2, 0.25) is 0 Å². The van der Waals surface area contributed by atoms with Gasteiger partial charge in [0.25, 0.3) is 0 Å². The van der Waals surface area contributed by atoms with Crippen molar-refractivity contribution in [2.75, 3.05) is 32.5 Å². The number of nitrogens with one attached hydrogen (secondary N) is 1. The lowest BCUT2D eigenvalue weighted by Crippen LogP contribution is -2.43. The van der Waals surface area contributed by atoms with Gasteiger partial charge in [-0.15, -0.1) is 0 Å². The van der Waals surface area contributed by atoms with Crippen molar-refractivity contribution in [3.8, 4) is 0 Å².